The molecular weight excluding hydrogens is 273 g/mol. The van der Waals surface area contributed by atoms with Gasteiger partial charge in [-0.2, -0.15) is 0 Å². The number of hydrogen-bond donors (Lipinski definition) is 1. The van der Waals surface area contributed by atoms with Crippen molar-refractivity contribution in [2.45, 2.75) is 6.10 Å². The summed E-state index contributed by atoms with van der Waals surface area (Å²) in [5.41, 5.74) is 9.02. The van der Waals surface area contributed by atoms with Gasteiger partial charge in [0.25, 0.3) is 0 Å². The van der Waals surface area contributed by atoms with Crippen LogP contribution in [0, 0.1) is 0 Å². The lowest BCUT2D eigenvalue weighted by molar-refractivity contribution is 0.181. The highest BCUT2D eigenvalue weighted by Crippen LogP contribution is 2.38. The molecule has 0 saturated carbocycles. The van der Waals surface area contributed by atoms with E-state index in [9.17, 15) is 0 Å². The normalized spacial score (nSPS) is 28.1. The van der Waals surface area contributed by atoms with Crippen LogP contribution in [0.5, 0.6) is 0 Å². The van der Waals surface area contributed by atoms with Crippen LogP contribution in [0.25, 0.3) is 0 Å². The molecule has 0 bridgehead atoms. The average Bonchev–Trinajstić information content (AvgIpc) is 2.57. The molecule has 0 amide bonds. The van der Waals surface area contributed by atoms with E-state index in [0.717, 1.165) is 21.1 Å². The van der Waals surface area contributed by atoms with Crippen molar-refractivity contribution in [3.63, 3.8) is 0 Å². The van der Waals surface area contributed by atoms with Gasteiger partial charge >= 0.3 is 7.12 Å². The Morgan fingerprint density at radius 3 is 3.19 bits per heavy atom. The van der Waals surface area contributed by atoms with E-state index in [-0.39, 0.29) is 13.2 Å². The van der Waals surface area contributed by atoms with Crippen LogP contribution in [-0.4, -0.2) is 33.0 Å². The molecule has 0 aromatic heterocycles. The molecule has 0 radical (unpaired) electrons. The molecule has 0 unspecified atom stereocenters. The highest BCUT2D eigenvalue weighted by molar-refractivity contribution is 9.11. The van der Waals surface area contributed by atoms with Gasteiger partial charge in [-0.3, -0.25) is 0 Å². The monoisotopic (exact) mass is 283 g/mol. The minimum Gasteiger partial charge on any atom is -0.497 e. The van der Waals surface area contributed by atoms with E-state index >= 15 is 0 Å². The fourth-order valence-electron chi connectivity index (χ4n) is 2.15. The summed E-state index contributed by atoms with van der Waals surface area (Å²) in [6.45, 7) is 1.58. The van der Waals surface area contributed by atoms with Crippen LogP contribution in [0.2, 0.25) is 0 Å². The fourth-order valence-corrected chi connectivity index (χ4v) is 2.79. The van der Waals surface area contributed by atoms with E-state index in [1.807, 2.05) is 6.08 Å². The van der Waals surface area contributed by atoms with E-state index < -0.39 is 0 Å². The van der Waals surface area contributed by atoms with Crippen molar-refractivity contribution >= 4 is 23.0 Å². The molecule has 0 spiro atoms. The zero-order valence-corrected chi connectivity index (χ0v) is 10.2. The van der Waals surface area contributed by atoms with E-state index in [0.29, 0.717) is 19.8 Å². The van der Waals surface area contributed by atoms with Crippen LogP contribution in [0.1, 0.15) is 0 Å². The molecule has 4 nitrogen and oxygen atoms in total. The van der Waals surface area contributed by atoms with Gasteiger partial charge in [0, 0.05) is 11.0 Å². The summed E-state index contributed by atoms with van der Waals surface area (Å²) in [7, 11) is -0.286. The second kappa shape index (κ2) is 4.03. The maximum atomic E-state index is 5.76. The van der Waals surface area contributed by atoms with Gasteiger partial charge in [-0.1, -0.05) is 15.9 Å². The smallest absolute Gasteiger partial charge is 0.495 e. The number of nitrogens with two attached hydrogens (primary N) is 1. The predicted octanol–water partition coefficient (Wildman–Crippen LogP) is 0.891. The van der Waals surface area contributed by atoms with Gasteiger partial charge < -0.3 is 19.8 Å². The number of rotatable bonds is 1. The highest BCUT2D eigenvalue weighted by atomic mass is 79.9. The van der Waals surface area contributed by atoms with Gasteiger partial charge in [0.1, 0.15) is 6.61 Å². The molecule has 3 aliphatic rings. The summed E-state index contributed by atoms with van der Waals surface area (Å²) in [5.74, 6) is 0. The molecule has 3 rings (SSSR count). The number of allylic oxidation sites excluding steroid dienone is 3. The van der Waals surface area contributed by atoms with Gasteiger partial charge in [0.2, 0.25) is 0 Å². The first-order valence-corrected chi connectivity index (χ1v) is 5.98. The standard InChI is InChI=1S/C10H11BBrNO3/c12-10-7-1-2-14-4-6-5-15-11(9(6)7)16-8(10)3-13/h1-2,8H,3-5,13H2/t8-/m1/s1. The lowest BCUT2D eigenvalue weighted by Crippen LogP contribution is -2.38. The van der Waals surface area contributed by atoms with Crippen molar-refractivity contribution in [2.24, 2.45) is 5.73 Å². The first-order valence-electron chi connectivity index (χ1n) is 5.18. The second-order valence-corrected chi connectivity index (χ2v) is 4.75. The van der Waals surface area contributed by atoms with Crippen molar-refractivity contribution in [1.82, 2.24) is 0 Å². The van der Waals surface area contributed by atoms with Crippen LogP contribution in [0.15, 0.2) is 33.4 Å². The lowest BCUT2D eigenvalue weighted by Gasteiger charge is -2.27. The minimum absolute atomic E-state index is 0.133. The van der Waals surface area contributed by atoms with Crippen LogP contribution in [0.3, 0.4) is 0 Å². The first-order chi connectivity index (χ1) is 7.81. The molecule has 0 aromatic carbocycles. The number of ether oxygens (including phenoxy) is 1. The quantitative estimate of drug-likeness (QED) is 0.727. The van der Waals surface area contributed by atoms with Crippen LogP contribution >= 0.6 is 15.9 Å². The minimum atomic E-state index is -0.286. The average molecular weight is 284 g/mol. The summed E-state index contributed by atoms with van der Waals surface area (Å²) < 4.78 is 17.7. The summed E-state index contributed by atoms with van der Waals surface area (Å²) in [6, 6.07) is 0. The van der Waals surface area contributed by atoms with Crippen molar-refractivity contribution in [2.75, 3.05) is 19.8 Å². The molecular formula is C10H11BBrNO3. The van der Waals surface area contributed by atoms with Crippen LogP contribution in [0.4, 0.5) is 0 Å². The SMILES string of the molecule is NC[C@H]1OB2OCC3=C2C(=C1Br)C=COC3. The fraction of sp³-hybridized carbons (Fsp3) is 0.400. The molecule has 3 aliphatic heterocycles. The van der Waals surface area contributed by atoms with E-state index in [1.54, 1.807) is 6.26 Å². The summed E-state index contributed by atoms with van der Waals surface area (Å²) >= 11 is 3.55. The predicted molar refractivity (Wildman–Crippen MR) is 63.7 cm³/mol. The van der Waals surface area contributed by atoms with Gasteiger partial charge in [-0.05, 0) is 22.7 Å². The largest absolute Gasteiger partial charge is 0.497 e. The summed E-state index contributed by atoms with van der Waals surface area (Å²) in [6.07, 6.45) is 3.52. The van der Waals surface area contributed by atoms with Crippen molar-refractivity contribution < 1.29 is 14.0 Å². The zero-order valence-electron chi connectivity index (χ0n) is 8.61. The van der Waals surface area contributed by atoms with Gasteiger partial charge in [-0.25, -0.2) is 0 Å². The number of halogens is 1. The molecule has 6 heteroatoms. The Labute approximate surface area is 102 Å². The Morgan fingerprint density at radius 1 is 1.50 bits per heavy atom. The Balaban J connectivity index is 2.13. The van der Waals surface area contributed by atoms with Gasteiger partial charge in [-0.15, -0.1) is 0 Å². The molecule has 84 valence electrons. The Hall–Kier alpha value is -0.555. The second-order valence-electron chi connectivity index (χ2n) is 3.90. The Kier molecular flexibility index (Phi) is 2.67. The topological polar surface area (TPSA) is 53.7 Å². The van der Waals surface area contributed by atoms with Crippen molar-refractivity contribution in [1.29, 1.82) is 0 Å². The van der Waals surface area contributed by atoms with Crippen LogP contribution in [-0.2, 0) is 14.0 Å². The van der Waals surface area contributed by atoms with Gasteiger partial charge in [0.05, 0.1) is 19.0 Å². The van der Waals surface area contributed by atoms with Gasteiger partial charge in [0.15, 0.2) is 0 Å². The number of hydrogen-bond acceptors (Lipinski definition) is 4. The lowest BCUT2D eigenvalue weighted by atomic mass is 9.70. The Morgan fingerprint density at radius 2 is 2.38 bits per heavy atom. The molecule has 0 aliphatic carbocycles. The molecule has 2 N–H and O–H groups in total. The molecule has 0 aromatic rings. The summed E-state index contributed by atoms with van der Waals surface area (Å²) in [4.78, 5) is 0. The molecule has 1 atom stereocenters. The van der Waals surface area contributed by atoms with Crippen LogP contribution < -0.4 is 5.73 Å². The third kappa shape index (κ3) is 1.49. The molecule has 0 fully saturated rings. The molecule has 0 saturated heterocycles. The highest BCUT2D eigenvalue weighted by Gasteiger charge is 2.42. The third-order valence-electron chi connectivity index (χ3n) is 2.95. The van der Waals surface area contributed by atoms with Crippen molar-refractivity contribution in [3.05, 3.63) is 33.4 Å². The maximum absolute atomic E-state index is 5.76. The van der Waals surface area contributed by atoms with E-state index in [1.165, 1.54) is 0 Å². The molecule has 3 heterocycles. The zero-order chi connectivity index (χ0) is 11.1. The Bertz CT molecular complexity index is 418. The third-order valence-corrected chi connectivity index (χ3v) is 3.88. The molecule has 16 heavy (non-hydrogen) atoms. The first kappa shape index (κ1) is 10.6. The maximum Gasteiger partial charge on any atom is 0.495 e. The van der Waals surface area contributed by atoms with Crippen molar-refractivity contribution in [3.8, 4) is 0 Å². The van der Waals surface area contributed by atoms with E-state index in [4.69, 9.17) is 19.8 Å². The summed E-state index contributed by atoms with van der Waals surface area (Å²) in [5, 5.41) is 0. The van der Waals surface area contributed by atoms with E-state index in [2.05, 4.69) is 15.9 Å².